The first kappa shape index (κ1) is 13.3. The number of thiophene rings is 1. The number of nitrogens with two attached hydrogens (primary N) is 1. The van der Waals surface area contributed by atoms with Gasteiger partial charge in [-0.2, -0.15) is 0 Å². The van der Waals surface area contributed by atoms with Gasteiger partial charge in [-0.1, -0.05) is 0 Å². The molecule has 0 aliphatic carbocycles. The van der Waals surface area contributed by atoms with Crippen molar-refractivity contribution in [2.75, 3.05) is 25.9 Å². The van der Waals surface area contributed by atoms with Crippen molar-refractivity contribution in [1.29, 1.82) is 0 Å². The summed E-state index contributed by atoms with van der Waals surface area (Å²) < 4.78 is 0.965. The maximum Gasteiger partial charge on any atom is 0.266 e. The van der Waals surface area contributed by atoms with Crippen molar-refractivity contribution in [3.63, 3.8) is 0 Å². The highest BCUT2D eigenvalue weighted by atomic mass is 32.1. The van der Waals surface area contributed by atoms with Crippen LogP contribution in [-0.2, 0) is 0 Å². The quantitative estimate of drug-likeness (QED) is 0.883. The van der Waals surface area contributed by atoms with E-state index in [2.05, 4.69) is 10.3 Å². The molecule has 0 radical (unpaired) electrons. The van der Waals surface area contributed by atoms with Crippen LogP contribution in [-0.4, -0.2) is 42.0 Å². The van der Waals surface area contributed by atoms with Crippen molar-refractivity contribution < 1.29 is 4.79 Å². The van der Waals surface area contributed by atoms with Crippen molar-refractivity contribution in [2.24, 2.45) is 0 Å². The molecule has 1 amide bonds. The SMILES string of the molecule is CN(C(=O)c1sc2cccnc2c1N)C1CCNCC1. The Morgan fingerprint density at radius 2 is 2.25 bits per heavy atom. The van der Waals surface area contributed by atoms with Gasteiger partial charge in [0.2, 0.25) is 0 Å². The molecule has 2 aromatic heterocycles. The number of pyridine rings is 1. The van der Waals surface area contributed by atoms with E-state index < -0.39 is 0 Å². The number of nitrogens with one attached hydrogen (secondary N) is 1. The lowest BCUT2D eigenvalue weighted by Gasteiger charge is -2.31. The van der Waals surface area contributed by atoms with Crippen LogP contribution in [0.5, 0.6) is 0 Å². The lowest BCUT2D eigenvalue weighted by molar-refractivity contribution is 0.0709. The van der Waals surface area contributed by atoms with E-state index in [4.69, 9.17) is 5.73 Å². The van der Waals surface area contributed by atoms with Crippen molar-refractivity contribution in [3.8, 4) is 0 Å². The Hall–Kier alpha value is -1.66. The predicted octanol–water partition coefficient (Wildman–Crippen LogP) is 1.70. The molecule has 20 heavy (non-hydrogen) atoms. The number of anilines is 1. The summed E-state index contributed by atoms with van der Waals surface area (Å²) in [7, 11) is 1.87. The van der Waals surface area contributed by atoms with E-state index in [0.717, 1.165) is 36.1 Å². The van der Waals surface area contributed by atoms with Gasteiger partial charge in [0, 0.05) is 19.3 Å². The van der Waals surface area contributed by atoms with Gasteiger partial charge in [0.1, 0.15) is 10.4 Å². The number of carbonyl (C=O) groups is 1. The van der Waals surface area contributed by atoms with Gasteiger partial charge in [-0.15, -0.1) is 11.3 Å². The molecule has 3 heterocycles. The molecule has 0 atom stereocenters. The summed E-state index contributed by atoms with van der Waals surface area (Å²) in [6.45, 7) is 1.93. The van der Waals surface area contributed by atoms with E-state index in [0.29, 0.717) is 16.6 Å². The highest BCUT2D eigenvalue weighted by Crippen LogP contribution is 2.33. The summed E-state index contributed by atoms with van der Waals surface area (Å²) in [6.07, 6.45) is 3.69. The third-order valence-electron chi connectivity index (χ3n) is 3.85. The van der Waals surface area contributed by atoms with E-state index >= 15 is 0 Å². The van der Waals surface area contributed by atoms with E-state index in [1.807, 2.05) is 24.1 Å². The van der Waals surface area contributed by atoms with Crippen molar-refractivity contribution in [1.82, 2.24) is 15.2 Å². The minimum absolute atomic E-state index is 0.0115. The summed E-state index contributed by atoms with van der Waals surface area (Å²) in [5.41, 5.74) is 7.34. The summed E-state index contributed by atoms with van der Waals surface area (Å²) in [5, 5.41) is 3.31. The highest BCUT2D eigenvalue weighted by Gasteiger charge is 2.26. The summed E-state index contributed by atoms with van der Waals surface area (Å²) >= 11 is 1.43. The summed E-state index contributed by atoms with van der Waals surface area (Å²) in [5.74, 6) is 0.0115. The van der Waals surface area contributed by atoms with Gasteiger partial charge >= 0.3 is 0 Å². The van der Waals surface area contributed by atoms with E-state index in [9.17, 15) is 4.79 Å². The molecule has 3 N–H and O–H groups in total. The lowest BCUT2D eigenvalue weighted by atomic mass is 10.1. The number of carbonyl (C=O) groups excluding carboxylic acids is 1. The molecular weight excluding hydrogens is 272 g/mol. The largest absolute Gasteiger partial charge is 0.396 e. The van der Waals surface area contributed by atoms with E-state index in [1.165, 1.54) is 11.3 Å². The average Bonchev–Trinajstić information content (AvgIpc) is 2.84. The first-order valence-electron chi connectivity index (χ1n) is 6.79. The molecule has 5 nitrogen and oxygen atoms in total. The molecular formula is C14H18N4OS. The number of fused-ring (bicyclic) bond motifs is 1. The van der Waals surface area contributed by atoms with Crippen molar-refractivity contribution in [2.45, 2.75) is 18.9 Å². The number of aromatic nitrogens is 1. The molecule has 1 aliphatic heterocycles. The van der Waals surface area contributed by atoms with Gasteiger partial charge in [-0.25, -0.2) is 0 Å². The molecule has 0 aromatic carbocycles. The van der Waals surface area contributed by atoms with Gasteiger partial charge < -0.3 is 16.0 Å². The van der Waals surface area contributed by atoms with Gasteiger partial charge in [0.15, 0.2) is 0 Å². The standard InChI is InChI=1S/C14H18N4OS/c1-18(9-4-7-16-8-5-9)14(19)13-11(15)12-10(20-13)3-2-6-17-12/h2-3,6,9,16H,4-5,7-8,15H2,1H3. The monoisotopic (exact) mass is 290 g/mol. The third kappa shape index (κ3) is 2.25. The number of hydrogen-bond donors (Lipinski definition) is 2. The van der Waals surface area contributed by atoms with E-state index in [1.54, 1.807) is 6.20 Å². The fourth-order valence-corrected chi connectivity index (χ4v) is 3.69. The van der Waals surface area contributed by atoms with Gasteiger partial charge in [-0.05, 0) is 38.1 Å². The number of nitrogen functional groups attached to an aromatic ring is 1. The maximum absolute atomic E-state index is 12.6. The Morgan fingerprint density at radius 3 is 2.95 bits per heavy atom. The third-order valence-corrected chi connectivity index (χ3v) is 5.00. The molecule has 1 saturated heterocycles. The zero-order valence-electron chi connectivity index (χ0n) is 11.4. The Morgan fingerprint density at radius 1 is 1.50 bits per heavy atom. The molecule has 6 heteroatoms. The predicted molar refractivity (Wildman–Crippen MR) is 82.0 cm³/mol. The molecule has 0 spiro atoms. The topological polar surface area (TPSA) is 71.2 Å². The number of hydrogen-bond acceptors (Lipinski definition) is 5. The average molecular weight is 290 g/mol. The van der Waals surface area contributed by atoms with Crippen LogP contribution >= 0.6 is 11.3 Å². The Bertz CT molecular complexity index is 633. The van der Waals surface area contributed by atoms with Crippen LogP contribution in [0.1, 0.15) is 22.5 Å². The zero-order valence-corrected chi connectivity index (χ0v) is 12.2. The van der Waals surface area contributed by atoms with Crippen molar-refractivity contribution in [3.05, 3.63) is 23.2 Å². The smallest absolute Gasteiger partial charge is 0.266 e. The summed E-state index contributed by atoms with van der Waals surface area (Å²) in [6, 6.07) is 4.11. The highest BCUT2D eigenvalue weighted by molar-refractivity contribution is 7.21. The molecule has 3 rings (SSSR count). The minimum atomic E-state index is 0.0115. The molecule has 0 saturated carbocycles. The first-order chi connectivity index (χ1) is 9.68. The first-order valence-corrected chi connectivity index (χ1v) is 7.61. The zero-order chi connectivity index (χ0) is 14.1. The molecule has 0 bridgehead atoms. The molecule has 2 aromatic rings. The Balaban J connectivity index is 1.89. The van der Waals surface area contributed by atoms with Crippen LogP contribution in [0.2, 0.25) is 0 Å². The van der Waals surface area contributed by atoms with Gasteiger partial charge in [-0.3, -0.25) is 9.78 Å². The fourth-order valence-electron chi connectivity index (χ4n) is 2.63. The van der Waals surface area contributed by atoms with Crippen LogP contribution in [0, 0.1) is 0 Å². The molecule has 0 unspecified atom stereocenters. The van der Waals surface area contributed by atoms with Crippen LogP contribution in [0.3, 0.4) is 0 Å². The normalized spacial score (nSPS) is 16.4. The maximum atomic E-state index is 12.6. The number of rotatable bonds is 2. The van der Waals surface area contributed by atoms with Gasteiger partial charge in [0.25, 0.3) is 5.91 Å². The molecule has 106 valence electrons. The summed E-state index contributed by atoms with van der Waals surface area (Å²) in [4.78, 5) is 19.3. The number of amides is 1. The van der Waals surface area contributed by atoms with Gasteiger partial charge in [0.05, 0.1) is 10.4 Å². The Labute approximate surface area is 121 Å². The van der Waals surface area contributed by atoms with Crippen LogP contribution < -0.4 is 11.1 Å². The van der Waals surface area contributed by atoms with Crippen LogP contribution in [0.4, 0.5) is 5.69 Å². The fraction of sp³-hybridized carbons (Fsp3) is 0.429. The number of nitrogens with zero attached hydrogens (tertiary/aromatic N) is 2. The molecule has 1 fully saturated rings. The van der Waals surface area contributed by atoms with Crippen molar-refractivity contribution >= 4 is 33.1 Å². The Kier molecular flexibility index (Phi) is 3.58. The minimum Gasteiger partial charge on any atom is -0.396 e. The number of piperidine rings is 1. The lowest BCUT2D eigenvalue weighted by Crippen LogP contribution is -2.43. The van der Waals surface area contributed by atoms with E-state index in [-0.39, 0.29) is 5.91 Å². The van der Waals surface area contributed by atoms with Crippen LogP contribution in [0.25, 0.3) is 10.2 Å². The van der Waals surface area contributed by atoms with Crippen LogP contribution in [0.15, 0.2) is 18.3 Å². The second-order valence-electron chi connectivity index (χ2n) is 5.09. The second kappa shape index (κ2) is 5.38. The second-order valence-corrected chi connectivity index (χ2v) is 6.14. The molecule has 1 aliphatic rings.